The van der Waals surface area contributed by atoms with E-state index in [-0.39, 0.29) is 24.5 Å². The fourth-order valence-corrected chi connectivity index (χ4v) is 5.46. The van der Waals surface area contributed by atoms with Crippen LogP contribution in [0.5, 0.6) is 0 Å². The van der Waals surface area contributed by atoms with E-state index in [4.69, 9.17) is 4.74 Å². The topological polar surface area (TPSA) is 66.8 Å². The van der Waals surface area contributed by atoms with Gasteiger partial charge in [0.05, 0.1) is 0 Å². The highest BCUT2D eigenvalue weighted by atomic mass is 16.6. The van der Waals surface area contributed by atoms with Crippen molar-refractivity contribution in [3.63, 3.8) is 0 Å². The van der Waals surface area contributed by atoms with Gasteiger partial charge in [-0.25, -0.2) is 9.59 Å². The Bertz CT molecular complexity index is 932. The summed E-state index contributed by atoms with van der Waals surface area (Å²) in [6.07, 6.45) is 3.14. The summed E-state index contributed by atoms with van der Waals surface area (Å²) in [5, 5.41) is 10.1. The van der Waals surface area contributed by atoms with Crippen molar-refractivity contribution in [1.29, 1.82) is 0 Å². The molecule has 1 fully saturated rings. The van der Waals surface area contributed by atoms with Gasteiger partial charge in [-0.05, 0) is 60.8 Å². The Morgan fingerprint density at radius 1 is 0.969 bits per heavy atom. The zero-order chi connectivity index (χ0) is 22.8. The van der Waals surface area contributed by atoms with Crippen LogP contribution < -0.4 is 0 Å². The molecule has 1 unspecified atom stereocenters. The van der Waals surface area contributed by atoms with Gasteiger partial charge >= 0.3 is 12.1 Å². The summed E-state index contributed by atoms with van der Waals surface area (Å²) in [7, 11) is 0. The van der Waals surface area contributed by atoms with Crippen molar-refractivity contribution >= 4 is 12.1 Å². The predicted molar refractivity (Wildman–Crippen MR) is 125 cm³/mol. The molecular weight excluding hydrogens is 402 g/mol. The molecule has 0 aromatic heterocycles. The van der Waals surface area contributed by atoms with E-state index in [1.807, 2.05) is 38.1 Å². The first-order valence-electron chi connectivity index (χ1n) is 11.7. The van der Waals surface area contributed by atoms with Gasteiger partial charge in [-0.1, -0.05) is 68.3 Å². The molecule has 2 aromatic carbocycles. The number of carboxylic acid groups (broad SMARTS) is 1. The number of carbonyl (C=O) groups excluding carboxylic acids is 1. The van der Waals surface area contributed by atoms with Gasteiger partial charge in [-0.15, -0.1) is 0 Å². The monoisotopic (exact) mass is 435 g/mol. The molecule has 5 heteroatoms. The molecule has 0 saturated heterocycles. The Kier molecular flexibility index (Phi) is 6.54. The van der Waals surface area contributed by atoms with E-state index >= 15 is 0 Å². The minimum absolute atomic E-state index is 0.0356. The minimum Gasteiger partial charge on any atom is -0.480 e. The van der Waals surface area contributed by atoms with Crippen LogP contribution in [0.4, 0.5) is 4.79 Å². The lowest BCUT2D eigenvalue weighted by Crippen LogP contribution is -2.53. The van der Waals surface area contributed by atoms with E-state index in [0.29, 0.717) is 5.92 Å². The van der Waals surface area contributed by atoms with Gasteiger partial charge in [0.25, 0.3) is 0 Å². The molecule has 2 aliphatic carbocycles. The quantitative estimate of drug-likeness (QED) is 0.611. The summed E-state index contributed by atoms with van der Waals surface area (Å²) in [6, 6.07) is 15.3. The van der Waals surface area contributed by atoms with Crippen LogP contribution in [0, 0.1) is 11.8 Å². The molecule has 0 bridgehead atoms. The average Bonchev–Trinajstić information content (AvgIpc) is 3.10. The number of amides is 1. The highest BCUT2D eigenvalue weighted by Gasteiger charge is 2.40. The molecule has 170 valence electrons. The number of hydrogen-bond acceptors (Lipinski definition) is 3. The van der Waals surface area contributed by atoms with Crippen molar-refractivity contribution in [3.05, 3.63) is 59.7 Å². The average molecular weight is 436 g/mol. The lowest BCUT2D eigenvalue weighted by Gasteiger charge is -2.39. The number of aliphatic carboxylic acids is 1. The second kappa shape index (κ2) is 9.35. The first-order valence-corrected chi connectivity index (χ1v) is 11.7. The first-order chi connectivity index (χ1) is 15.4. The molecule has 2 aromatic rings. The lowest BCUT2D eigenvalue weighted by atomic mass is 9.78. The van der Waals surface area contributed by atoms with Crippen LogP contribution in [-0.2, 0) is 9.53 Å². The molecule has 1 saturated carbocycles. The number of benzene rings is 2. The maximum absolute atomic E-state index is 13.3. The number of carboxylic acids is 1. The minimum atomic E-state index is -0.938. The number of nitrogens with zero attached hydrogens (tertiary/aromatic N) is 1. The van der Waals surface area contributed by atoms with E-state index in [0.717, 1.165) is 36.8 Å². The summed E-state index contributed by atoms with van der Waals surface area (Å²) >= 11 is 0. The van der Waals surface area contributed by atoms with Gasteiger partial charge < -0.3 is 9.84 Å². The fourth-order valence-electron chi connectivity index (χ4n) is 5.46. The van der Waals surface area contributed by atoms with Crippen LogP contribution in [0.25, 0.3) is 11.1 Å². The van der Waals surface area contributed by atoms with Crippen molar-refractivity contribution < 1.29 is 19.4 Å². The molecule has 1 amide bonds. The normalized spacial score (nSPS) is 21.0. The zero-order valence-corrected chi connectivity index (χ0v) is 19.2. The molecule has 1 atom stereocenters. The van der Waals surface area contributed by atoms with E-state index in [2.05, 4.69) is 31.2 Å². The van der Waals surface area contributed by atoms with Crippen molar-refractivity contribution in [3.8, 4) is 11.1 Å². The molecule has 0 spiro atoms. The maximum atomic E-state index is 13.3. The number of ether oxygens (including phenoxy) is 1. The van der Waals surface area contributed by atoms with Gasteiger partial charge in [-0.2, -0.15) is 0 Å². The Hall–Kier alpha value is -2.82. The zero-order valence-electron chi connectivity index (χ0n) is 19.2. The summed E-state index contributed by atoms with van der Waals surface area (Å²) in [6.45, 7) is 6.13. The maximum Gasteiger partial charge on any atom is 0.410 e. The Balaban J connectivity index is 1.53. The third-order valence-corrected chi connectivity index (χ3v) is 7.16. The molecule has 5 nitrogen and oxygen atoms in total. The van der Waals surface area contributed by atoms with E-state index < -0.39 is 18.1 Å². The van der Waals surface area contributed by atoms with Crippen LogP contribution in [0.15, 0.2) is 48.5 Å². The highest BCUT2D eigenvalue weighted by molar-refractivity contribution is 5.81. The Morgan fingerprint density at radius 3 is 2.00 bits per heavy atom. The number of carbonyl (C=O) groups is 2. The third-order valence-electron chi connectivity index (χ3n) is 7.16. The highest BCUT2D eigenvalue weighted by Crippen LogP contribution is 2.44. The van der Waals surface area contributed by atoms with Gasteiger partial charge in [0.2, 0.25) is 0 Å². The van der Waals surface area contributed by atoms with Gasteiger partial charge in [0.1, 0.15) is 12.6 Å². The molecule has 4 rings (SSSR count). The molecule has 32 heavy (non-hydrogen) atoms. The van der Waals surface area contributed by atoms with E-state index in [1.165, 1.54) is 16.0 Å². The second-order valence-corrected chi connectivity index (χ2v) is 9.61. The van der Waals surface area contributed by atoms with Gasteiger partial charge in [0.15, 0.2) is 0 Å². The third kappa shape index (κ3) is 4.25. The van der Waals surface area contributed by atoms with Crippen molar-refractivity contribution in [2.45, 2.75) is 64.5 Å². The first kappa shape index (κ1) is 22.4. The van der Waals surface area contributed by atoms with Crippen molar-refractivity contribution in [2.75, 3.05) is 6.61 Å². The van der Waals surface area contributed by atoms with Crippen LogP contribution in [0.2, 0.25) is 0 Å². The fraction of sp³-hybridized carbons (Fsp3) is 0.481. The smallest absolute Gasteiger partial charge is 0.410 e. The molecule has 0 aliphatic heterocycles. The molecule has 2 aliphatic rings. The second-order valence-electron chi connectivity index (χ2n) is 9.61. The van der Waals surface area contributed by atoms with Crippen molar-refractivity contribution in [2.24, 2.45) is 11.8 Å². The lowest BCUT2D eigenvalue weighted by molar-refractivity contribution is -0.146. The van der Waals surface area contributed by atoms with E-state index in [9.17, 15) is 14.7 Å². The summed E-state index contributed by atoms with van der Waals surface area (Å²) in [4.78, 5) is 27.0. The van der Waals surface area contributed by atoms with Gasteiger partial charge in [0, 0.05) is 12.0 Å². The predicted octanol–water partition coefficient (Wildman–Crippen LogP) is 5.93. The molecule has 1 N–H and O–H groups in total. The number of hydrogen-bond donors (Lipinski definition) is 1. The molecular formula is C27H33NO4. The van der Waals surface area contributed by atoms with Crippen molar-refractivity contribution in [1.82, 2.24) is 4.90 Å². The number of fused-ring (bicyclic) bond motifs is 3. The van der Waals surface area contributed by atoms with Crippen LogP contribution >= 0.6 is 0 Å². The van der Waals surface area contributed by atoms with E-state index in [1.54, 1.807) is 0 Å². The molecule has 0 radical (unpaired) electrons. The Labute approximate surface area is 190 Å². The molecule has 0 heterocycles. The summed E-state index contributed by atoms with van der Waals surface area (Å²) in [5.74, 6) is -0.403. The summed E-state index contributed by atoms with van der Waals surface area (Å²) < 4.78 is 5.83. The van der Waals surface area contributed by atoms with Crippen LogP contribution in [0.1, 0.15) is 63.5 Å². The SMILES string of the molecule is CC1CCC(C(C(=O)O)N(C(=O)OCC2c3ccccc3-c3ccccc32)C(C)C)CC1. The number of rotatable bonds is 6. The summed E-state index contributed by atoms with van der Waals surface area (Å²) in [5.41, 5.74) is 4.64. The van der Waals surface area contributed by atoms with Gasteiger partial charge in [-0.3, -0.25) is 4.90 Å². The Morgan fingerprint density at radius 2 is 1.50 bits per heavy atom. The standard InChI is InChI=1S/C27H33NO4/c1-17(2)28(25(26(29)30)19-14-12-18(3)13-15-19)27(31)32-16-24-22-10-6-4-8-20(22)21-9-5-7-11-23(21)24/h4-11,17-19,24-25H,12-16H2,1-3H3,(H,29,30). The van der Waals surface area contributed by atoms with Crippen LogP contribution in [-0.4, -0.2) is 40.8 Å². The van der Waals surface area contributed by atoms with Crippen LogP contribution in [0.3, 0.4) is 0 Å². The largest absolute Gasteiger partial charge is 0.480 e.